The molecule has 0 aromatic heterocycles. The third-order valence-electron chi connectivity index (χ3n) is 3.28. The summed E-state index contributed by atoms with van der Waals surface area (Å²) in [5.41, 5.74) is 3.60. The minimum atomic E-state index is -1.32. The van der Waals surface area contributed by atoms with E-state index in [2.05, 4.69) is 30.4 Å². The van der Waals surface area contributed by atoms with Gasteiger partial charge in [-0.3, -0.25) is 0 Å². The van der Waals surface area contributed by atoms with Gasteiger partial charge < -0.3 is 0 Å². The van der Waals surface area contributed by atoms with Gasteiger partial charge in [0.2, 0.25) is 0 Å². The third-order valence-corrected chi connectivity index (χ3v) is 4.27. The summed E-state index contributed by atoms with van der Waals surface area (Å²) in [5.74, 6) is 0.158. The van der Waals surface area contributed by atoms with Gasteiger partial charge in [-0.25, -0.2) is 4.21 Å². The molecular weight excluding hydrogens is 266 g/mol. The molecule has 104 valence electrons. The van der Waals surface area contributed by atoms with Crippen LogP contribution in [0.1, 0.15) is 29.5 Å². The first-order chi connectivity index (χ1) is 9.58. The first-order valence-electron chi connectivity index (χ1n) is 6.66. The summed E-state index contributed by atoms with van der Waals surface area (Å²) in [4.78, 5) is 0.740. The Labute approximate surface area is 123 Å². The van der Waals surface area contributed by atoms with Gasteiger partial charge in [0.1, 0.15) is 0 Å². The second kappa shape index (κ2) is 6.62. The predicted molar refractivity (Wildman–Crippen MR) is 85.7 cm³/mol. The van der Waals surface area contributed by atoms with Gasteiger partial charge in [-0.1, -0.05) is 48.9 Å². The fourth-order valence-electron chi connectivity index (χ4n) is 2.04. The standard InChI is InChI=1S/C17H19NOS/c1-13-8-10-16(11-9-13)20(19)18-12-15(3)17-7-5-4-6-14(17)2/h4-12,15H,1-3H3. The predicted octanol–water partition coefficient (Wildman–Crippen LogP) is 4.20. The van der Waals surface area contributed by atoms with E-state index < -0.39 is 11.0 Å². The van der Waals surface area contributed by atoms with Crippen molar-refractivity contribution in [3.63, 3.8) is 0 Å². The molecule has 2 nitrogen and oxygen atoms in total. The lowest BCUT2D eigenvalue weighted by Gasteiger charge is -2.09. The van der Waals surface area contributed by atoms with E-state index in [0.717, 1.165) is 10.5 Å². The molecule has 2 atom stereocenters. The maximum atomic E-state index is 12.1. The lowest BCUT2D eigenvalue weighted by molar-refractivity contribution is 0.684. The average Bonchev–Trinajstić information content (AvgIpc) is 2.45. The van der Waals surface area contributed by atoms with Gasteiger partial charge in [-0.2, -0.15) is 4.40 Å². The fourth-order valence-corrected chi connectivity index (χ4v) is 2.82. The molecule has 0 aliphatic rings. The molecule has 0 radical (unpaired) electrons. The largest absolute Gasteiger partial charge is 0.230 e. The molecule has 0 heterocycles. The molecule has 0 N–H and O–H groups in total. The minimum Gasteiger partial charge on any atom is -0.230 e. The first kappa shape index (κ1) is 14.7. The molecule has 0 saturated carbocycles. The van der Waals surface area contributed by atoms with Crippen molar-refractivity contribution >= 4 is 17.2 Å². The van der Waals surface area contributed by atoms with Gasteiger partial charge in [0, 0.05) is 12.1 Å². The van der Waals surface area contributed by atoms with Crippen LogP contribution in [0.2, 0.25) is 0 Å². The summed E-state index contributed by atoms with van der Waals surface area (Å²) in [6, 6.07) is 15.8. The molecule has 2 rings (SSSR count). The van der Waals surface area contributed by atoms with Crippen LogP contribution < -0.4 is 0 Å². The monoisotopic (exact) mass is 285 g/mol. The maximum Gasteiger partial charge on any atom is 0.172 e. The second-order valence-electron chi connectivity index (χ2n) is 4.96. The average molecular weight is 285 g/mol. The van der Waals surface area contributed by atoms with Crippen molar-refractivity contribution in [3.8, 4) is 0 Å². The van der Waals surface area contributed by atoms with Crippen LogP contribution in [0.5, 0.6) is 0 Å². The summed E-state index contributed by atoms with van der Waals surface area (Å²) in [6.07, 6.45) is 1.78. The van der Waals surface area contributed by atoms with Crippen LogP contribution in [0.3, 0.4) is 0 Å². The van der Waals surface area contributed by atoms with E-state index in [0.29, 0.717) is 0 Å². The Balaban J connectivity index is 2.11. The zero-order valence-electron chi connectivity index (χ0n) is 12.0. The summed E-state index contributed by atoms with van der Waals surface area (Å²) >= 11 is 0. The van der Waals surface area contributed by atoms with Crippen LogP contribution in [0.4, 0.5) is 0 Å². The van der Waals surface area contributed by atoms with Crippen molar-refractivity contribution in [1.82, 2.24) is 0 Å². The van der Waals surface area contributed by atoms with E-state index >= 15 is 0 Å². The SMILES string of the molecule is Cc1ccc(S(=O)N=CC(C)c2ccccc2C)cc1. The molecular formula is C17H19NOS. The molecule has 0 bridgehead atoms. The van der Waals surface area contributed by atoms with Gasteiger partial charge in [0.05, 0.1) is 4.90 Å². The van der Waals surface area contributed by atoms with Crippen molar-refractivity contribution in [2.75, 3.05) is 0 Å². The molecule has 20 heavy (non-hydrogen) atoms. The van der Waals surface area contributed by atoms with Crippen LogP contribution in [-0.2, 0) is 11.0 Å². The molecule has 0 saturated heterocycles. The Morgan fingerprint density at radius 1 is 1.05 bits per heavy atom. The Bertz CT molecular complexity index is 632. The molecule has 0 aliphatic heterocycles. The zero-order chi connectivity index (χ0) is 14.5. The van der Waals surface area contributed by atoms with Crippen molar-refractivity contribution in [3.05, 3.63) is 65.2 Å². The summed E-state index contributed by atoms with van der Waals surface area (Å²) < 4.78 is 16.3. The second-order valence-corrected chi connectivity index (χ2v) is 6.14. The van der Waals surface area contributed by atoms with Crippen molar-refractivity contribution in [2.45, 2.75) is 31.6 Å². The molecule has 2 aromatic rings. The Morgan fingerprint density at radius 2 is 1.70 bits per heavy atom. The quantitative estimate of drug-likeness (QED) is 0.774. The van der Waals surface area contributed by atoms with Crippen LogP contribution in [-0.4, -0.2) is 10.4 Å². The van der Waals surface area contributed by atoms with E-state index in [4.69, 9.17) is 0 Å². The van der Waals surface area contributed by atoms with Crippen LogP contribution in [0, 0.1) is 13.8 Å². The Kier molecular flexibility index (Phi) is 4.85. The number of hydrogen-bond acceptors (Lipinski definition) is 1. The summed E-state index contributed by atoms with van der Waals surface area (Å²) in [7, 11) is -1.32. The summed E-state index contributed by atoms with van der Waals surface area (Å²) in [5, 5.41) is 0. The Morgan fingerprint density at radius 3 is 2.35 bits per heavy atom. The number of hydrogen-bond donors (Lipinski definition) is 0. The highest BCUT2D eigenvalue weighted by atomic mass is 32.2. The van der Waals surface area contributed by atoms with Crippen molar-refractivity contribution < 1.29 is 4.21 Å². The maximum absolute atomic E-state index is 12.1. The third kappa shape index (κ3) is 3.64. The van der Waals surface area contributed by atoms with Crippen molar-refractivity contribution in [1.29, 1.82) is 0 Å². The molecule has 0 aliphatic carbocycles. The Hall–Kier alpha value is -1.74. The molecule has 0 fully saturated rings. The van der Waals surface area contributed by atoms with Crippen molar-refractivity contribution in [2.24, 2.45) is 4.40 Å². The van der Waals surface area contributed by atoms with Gasteiger partial charge in [-0.05, 0) is 37.1 Å². The summed E-state index contributed by atoms with van der Waals surface area (Å²) in [6.45, 7) is 6.16. The molecule has 0 amide bonds. The highest BCUT2D eigenvalue weighted by Crippen LogP contribution is 2.18. The van der Waals surface area contributed by atoms with Gasteiger partial charge in [0.15, 0.2) is 11.0 Å². The van der Waals surface area contributed by atoms with Gasteiger partial charge in [-0.15, -0.1) is 0 Å². The molecule has 3 heteroatoms. The highest BCUT2D eigenvalue weighted by Gasteiger charge is 2.06. The van der Waals surface area contributed by atoms with E-state index in [1.165, 1.54) is 11.1 Å². The zero-order valence-corrected chi connectivity index (χ0v) is 12.9. The van der Waals surface area contributed by atoms with Gasteiger partial charge in [0.25, 0.3) is 0 Å². The van der Waals surface area contributed by atoms with Crippen LogP contribution in [0.15, 0.2) is 57.8 Å². The highest BCUT2D eigenvalue weighted by molar-refractivity contribution is 7.83. The van der Waals surface area contributed by atoms with E-state index in [1.807, 2.05) is 43.3 Å². The number of rotatable bonds is 4. The van der Waals surface area contributed by atoms with E-state index in [-0.39, 0.29) is 5.92 Å². The topological polar surface area (TPSA) is 29.4 Å². The fraction of sp³-hybridized carbons (Fsp3) is 0.235. The minimum absolute atomic E-state index is 0.158. The molecule has 0 spiro atoms. The normalized spacial score (nSPS) is 14.3. The smallest absolute Gasteiger partial charge is 0.172 e. The molecule has 2 aromatic carbocycles. The molecule has 2 unspecified atom stereocenters. The number of benzene rings is 2. The van der Waals surface area contributed by atoms with Gasteiger partial charge >= 0.3 is 0 Å². The van der Waals surface area contributed by atoms with E-state index in [1.54, 1.807) is 6.21 Å². The number of nitrogens with zero attached hydrogens (tertiary/aromatic N) is 1. The first-order valence-corrected chi connectivity index (χ1v) is 7.77. The van der Waals surface area contributed by atoms with Crippen LogP contribution in [0.25, 0.3) is 0 Å². The van der Waals surface area contributed by atoms with Crippen LogP contribution >= 0.6 is 0 Å². The lowest BCUT2D eigenvalue weighted by atomic mass is 9.98. The number of aryl methyl sites for hydroxylation is 2. The van der Waals surface area contributed by atoms with E-state index in [9.17, 15) is 4.21 Å². The lowest BCUT2D eigenvalue weighted by Crippen LogP contribution is -1.99.